The third-order valence-corrected chi connectivity index (χ3v) is 7.02. The van der Waals surface area contributed by atoms with Gasteiger partial charge in [0.2, 0.25) is 15.9 Å². The van der Waals surface area contributed by atoms with E-state index in [4.69, 9.17) is 13.9 Å². The SMILES string of the molecule is COCCN(CCOC)S(=O)(=O)c1ccc(C(=O)Nc2nnc(-c3ccc(Br)cc3)o2)cc1. The zero-order valence-corrected chi connectivity index (χ0v) is 20.4. The molecule has 0 radical (unpaired) electrons. The summed E-state index contributed by atoms with van der Waals surface area (Å²) in [5.74, 6) is -0.257. The highest BCUT2D eigenvalue weighted by Crippen LogP contribution is 2.22. The van der Waals surface area contributed by atoms with Gasteiger partial charge in [-0.2, -0.15) is 4.31 Å². The molecule has 176 valence electrons. The highest BCUT2D eigenvalue weighted by atomic mass is 79.9. The number of nitrogens with zero attached hydrogens (tertiary/aromatic N) is 3. The molecule has 10 nitrogen and oxygen atoms in total. The lowest BCUT2D eigenvalue weighted by Gasteiger charge is -2.21. The molecule has 0 unspecified atom stereocenters. The Morgan fingerprint density at radius 1 is 1.00 bits per heavy atom. The molecule has 3 rings (SSSR count). The Hall–Kier alpha value is -2.64. The minimum absolute atomic E-state index is 0.0570. The minimum atomic E-state index is -3.78. The number of hydrogen-bond acceptors (Lipinski definition) is 8. The van der Waals surface area contributed by atoms with Crippen LogP contribution in [0.5, 0.6) is 0 Å². The fourth-order valence-electron chi connectivity index (χ4n) is 2.82. The van der Waals surface area contributed by atoms with Crippen LogP contribution >= 0.6 is 15.9 Å². The Kier molecular flexibility index (Phi) is 8.69. The Morgan fingerprint density at radius 3 is 2.18 bits per heavy atom. The molecule has 33 heavy (non-hydrogen) atoms. The summed E-state index contributed by atoms with van der Waals surface area (Å²) in [7, 11) is -0.780. The topological polar surface area (TPSA) is 124 Å². The largest absolute Gasteiger partial charge is 0.403 e. The summed E-state index contributed by atoms with van der Waals surface area (Å²) in [4.78, 5) is 12.6. The van der Waals surface area contributed by atoms with Crippen molar-refractivity contribution in [2.24, 2.45) is 0 Å². The van der Waals surface area contributed by atoms with Crippen molar-refractivity contribution in [3.8, 4) is 11.5 Å². The van der Waals surface area contributed by atoms with Crippen molar-refractivity contribution < 1.29 is 27.1 Å². The highest BCUT2D eigenvalue weighted by Gasteiger charge is 2.24. The molecule has 1 amide bonds. The maximum absolute atomic E-state index is 13.0. The van der Waals surface area contributed by atoms with Crippen molar-refractivity contribution in [3.63, 3.8) is 0 Å². The highest BCUT2D eigenvalue weighted by molar-refractivity contribution is 9.10. The Morgan fingerprint density at radius 2 is 1.61 bits per heavy atom. The van der Waals surface area contributed by atoms with Crippen LogP contribution in [-0.4, -0.2) is 69.4 Å². The number of ether oxygens (including phenoxy) is 2. The molecule has 0 bridgehead atoms. The fourth-order valence-corrected chi connectivity index (χ4v) is 4.49. The molecule has 0 aliphatic heterocycles. The monoisotopic (exact) mass is 538 g/mol. The van der Waals surface area contributed by atoms with E-state index < -0.39 is 15.9 Å². The van der Waals surface area contributed by atoms with E-state index in [1.807, 2.05) is 12.1 Å². The molecule has 1 heterocycles. The van der Waals surface area contributed by atoms with Crippen LogP contribution < -0.4 is 5.32 Å². The van der Waals surface area contributed by atoms with Gasteiger partial charge in [0.05, 0.1) is 18.1 Å². The number of nitrogens with one attached hydrogen (secondary N) is 1. The Labute approximate surface area is 200 Å². The Balaban J connectivity index is 1.70. The van der Waals surface area contributed by atoms with Gasteiger partial charge in [-0.15, -0.1) is 5.10 Å². The van der Waals surface area contributed by atoms with E-state index in [9.17, 15) is 13.2 Å². The predicted octanol–water partition coefficient (Wildman–Crippen LogP) is 3.03. The number of amides is 1. The number of anilines is 1. The van der Waals surface area contributed by atoms with Gasteiger partial charge in [0.25, 0.3) is 5.91 Å². The van der Waals surface area contributed by atoms with Crippen molar-refractivity contribution in [1.29, 1.82) is 0 Å². The molecule has 0 saturated carbocycles. The summed E-state index contributed by atoms with van der Waals surface area (Å²) in [6, 6.07) is 12.8. The molecule has 0 fully saturated rings. The lowest BCUT2D eigenvalue weighted by molar-refractivity contribution is 0.102. The Bertz CT molecular complexity index is 1160. The van der Waals surface area contributed by atoms with Gasteiger partial charge >= 0.3 is 6.01 Å². The van der Waals surface area contributed by atoms with Gasteiger partial charge in [0.1, 0.15) is 0 Å². The first kappa shape index (κ1) is 25.0. The summed E-state index contributed by atoms with van der Waals surface area (Å²) in [6.45, 7) is 0.857. The van der Waals surface area contributed by atoms with Crippen molar-refractivity contribution in [1.82, 2.24) is 14.5 Å². The van der Waals surface area contributed by atoms with E-state index in [0.717, 1.165) is 4.47 Å². The molecule has 1 N–H and O–H groups in total. The van der Waals surface area contributed by atoms with Gasteiger partial charge in [-0.1, -0.05) is 21.0 Å². The number of carbonyl (C=O) groups excluding carboxylic acids is 1. The predicted molar refractivity (Wildman–Crippen MR) is 124 cm³/mol. The standard InChI is InChI=1S/C21H23BrN4O6S/c1-30-13-11-26(12-14-31-2)33(28,29)18-9-5-15(6-10-18)19(27)23-21-25-24-20(32-21)16-3-7-17(22)8-4-16/h3-10H,11-14H2,1-2H3,(H,23,25,27). The van der Waals surface area contributed by atoms with Crippen LogP contribution in [0.4, 0.5) is 6.01 Å². The van der Waals surface area contributed by atoms with E-state index >= 15 is 0 Å². The summed E-state index contributed by atoms with van der Waals surface area (Å²) >= 11 is 3.35. The lowest BCUT2D eigenvalue weighted by Crippen LogP contribution is -2.36. The van der Waals surface area contributed by atoms with Crippen molar-refractivity contribution in [3.05, 3.63) is 58.6 Å². The van der Waals surface area contributed by atoms with E-state index in [1.54, 1.807) is 12.1 Å². The molecular weight excluding hydrogens is 516 g/mol. The number of methoxy groups -OCH3 is 2. The zero-order valence-electron chi connectivity index (χ0n) is 18.0. The molecule has 2 aromatic carbocycles. The van der Waals surface area contributed by atoms with E-state index in [-0.39, 0.29) is 48.7 Å². The third kappa shape index (κ3) is 6.45. The fraction of sp³-hybridized carbons (Fsp3) is 0.286. The summed E-state index contributed by atoms with van der Waals surface area (Å²) in [6.07, 6.45) is 0. The molecule has 0 aliphatic rings. The van der Waals surface area contributed by atoms with Gasteiger partial charge in [0, 0.05) is 42.9 Å². The third-order valence-electron chi connectivity index (χ3n) is 4.58. The molecule has 0 aliphatic carbocycles. The van der Waals surface area contributed by atoms with Gasteiger partial charge in [0.15, 0.2) is 0 Å². The number of aromatic nitrogens is 2. The van der Waals surface area contributed by atoms with Crippen LogP contribution in [0.15, 0.2) is 62.3 Å². The summed E-state index contributed by atoms with van der Waals surface area (Å²) in [5, 5.41) is 10.3. The molecular formula is C21H23BrN4O6S. The molecule has 1 aromatic heterocycles. The number of benzene rings is 2. The summed E-state index contributed by atoms with van der Waals surface area (Å²) in [5.41, 5.74) is 0.935. The van der Waals surface area contributed by atoms with E-state index in [0.29, 0.717) is 5.56 Å². The number of rotatable bonds is 11. The first-order valence-electron chi connectivity index (χ1n) is 9.84. The second kappa shape index (κ2) is 11.5. The van der Waals surface area contributed by atoms with Gasteiger partial charge < -0.3 is 13.9 Å². The second-order valence-corrected chi connectivity index (χ2v) is 9.64. The number of hydrogen-bond donors (Lipinski definition) is 1. The van der Waals surface area contributed by atoms with Crippen LogP contribution in [0.2, 0.25) is 0 Å². The van der Waals surface area contributed by atoms with Crippen LogP contribution in [0, 0.1) is 0 Å². The maximum atomic E-state index is 13.0. The quantitative estimate of drug-likeness (QED) is 0.395. The number of carbonyl (C=O) groups is 1. The molecule has 0 spiro atoms. The van der Waals surface area contributed by atoms with Crippen molar-refractivity contribution >= 4 is 37.9 Å². The van der Waals surface area contributed by atoms with Gasteiger partial charge in [-0.25, -0.2) is 8.42 Å². The van der Waals surface area contributed by atoms with Crippen LogP contribution in [0.3, 0.4) is 0 Å². The van der Waals surface area contributed by atoms with Gasteiger partial charge in [-0.3, -0.25) is 10.1 Å². The van der Waals surface area contributed by atoms with E-state index in [2.05, 4.69) is 31.4 Å². The van der Waals surface area contributed by atoms with Crippen LogP contribution in [0.25, 0.3) is 11.5 Å². The number of halogens is 1. The first-order chi connectivity index (χ1) is 15.8. The second-order valence-electron chi connectivity index (χ2n) is 6.79. The molecule has 0 atom stereocenters. The number of sulfonamides is 1. The van der Waals surface area contributed by atoms with E-state index in [1.165, 1.54) is 42.8 Å². The van der Waals surface area contributed by atoms with Crippen molar-refractivity contribution in [2.75, 3.05) is 45.8 Å². The molecule has 12 heteroatoms. The molecule has 0 saturated heterocycles. The van der Waals surface area contributed by atoms with Crippen LogP contribution in [0.1, 0.15) is 10.4 Å². The average Bonchev–Trinajstić information content (AvgIpc) is 3.28. The molecule has 3 aromatic rings. The normalized spacial score (nSPS) is 11.6. The average molecular weight is 539 g/mol. The van der Waals surface area contributed by atoms with Gasteiger partial charge in [-0.05, 0) is 48.5 Å². The van der Waals surface area contributed by atoms with Crippen molar-refractivity contribution in [2.45, 2.75) is 4.90 Å². The lowest BCUT2D eigenvalue weighted by atomic mass is 10.2. The maximum Gasteiger partial charge on any atom is 0.322 e. The first-order valence-corrected chi connectivity index (χ1v) is 12.1. The summed E-state index contributed by atoms with van der Waals surface area (Å²) < 4.78 is 43.6. The van der Waals surface area contributed by atoms with Crippen LogP contribution in [-0.2, 0) is 19.5 Å². The smallest absolute Gasteiger partial charge is 0.322 e. The minimum Gasteiger partial charge on any atom is -0.403 e. The zero-order chi connectivity index (χ0) is 23.8.